The molecule has 2 aromatic carbocycles. The average molecular weight is 425 g/mol. The van der Waals surface area contributed by atoms with Crippen molar-refractivity contribution in [2.24, 2.45) is 0 Å². The third kappa shape index (κ3) is 6.82. The van der Waals surface area contributed by atoms with E-state index in [0.717, 1.165) is 29.9 Å². The standard InChI is InChI=1S/C23H27N3O5/c1-16-11-17(2)13-18(12-16)23(29)24-14-22(28)31-15-21(27)25-19-3-5-20(6-4-19)26-7-9-30-10-8-26/h3-6,11-13H,7-10,14-15H2,1-2H3,(H,24,29)(H,25,27). The van der Waals surface area contributed by atoms with Crippen molar-refractivity contribution in [2.75, 3.05) is 49.7 Å². The van der Waals surface area contributed by atoms with Crippen LogP contribution in [0.25, 0.3) is 0 Å². The fraction of sp³-hybridized carbons (Fsp3) is 0.348. The number of hydrogen-bond acceptors (Lipinski definition) is 6. The van der Waals surface area contributed by atoms with Gasteiger partial charge in [0, 0.05) is 30.0 Å². The van der Waals surface area contributed by atoms with E-state index in [9.17, 15) is 14.4 Å². The summed E-state index contributed by atoms with van der Waals surface area (Å²) in [5.74, 6) is -1.50. The van der Waals surface area contributed by atoms with E-state index in [-0.39, 0.29) is 12.5 Å². The molecular formula is C23H27N3O5. The summed E-state index contributed by atoms with van der Waals surface area (Å²) in [6, 6.07) is 12.9. The molecular weight excluding hydrogens is 398 g/mol. The Morgan fingerprint density at radius 3 is 2.29 bits per heavy atom. The van der Waals surface area contributed by atoms with Crippen molar-refractivity contribution in [1.82, 2.24) is 5.32 Å². The van der Waals surface area contributed by atoms with Gasteiger partial charge in [-0.25, -0.2) is 0 Å². The Morgan fingerprint density at radius 1 is 1.00 bits per heavy atom. The Morgan fingerprint density at radius 2 is 1.65 bits per heavy atom. The molecule has 0 saturated carbocycles. The number of nitrogens with zero attached hydrogens (tertiary/aromatic N) is 1. The number of nitrogens with one attached hydrogen (secondary N) is 2. The number of aryl methyl sites for hydroxylation is 2. The van der Waals surface area contributed by atoms with Crippen LogP contribution < -0.4 is 15.5 Å². The van der Waals surface area contributed by atoms with E-state index >= 15 is 0 Å². The Bertz CT molecular complexity index is 916. The van der Waals surface area contributed by atoms with Crippen molar-refractivity contribution in [1.29, 1.82) is 0 Å². The maximum atomic E-state index is 12.2. The maximum absolute atomic E-state index is 12.2. The van der Waals surface area contributed by atoms with Crippen molar-refractivity contribution >= 4 is 29.2 Å². The van der Waals surface area contributed by atoms with Gasteiger partial charge in [0.05, 0.1) is 13.2 Å². The van der Waals surface area contributed by atoms with Gasteiger partial charge in [-0.15, -0.1) is 0 Å². The largest absolute Gasteiger partial charge is 0.454 e. The Hall–Kier alpha value is -3.39. The summed E-state index contributed by atoms with van der Waals surface area (Å²) in [5.41, 5.74) is 4.07. The van der Waals surface area contributed by atoms with Gasteiger partial charge < -0.3 is 25.0 Å². The molecule has 2 N–H and O–H groups in total. The lowest BCUT2D eigenvalue weighted by Crippen LogP contribution is -2.36. The molecule has 1 aliphatic heterocycles. The zero-order chi connectivity index (χ0) is 22.2. The van der Waals surface area contributed by atoms with Gasteiger partial charge in [-0.3, -0.25) is 14.4 Å². The topological polar surface area (TPSA) is 97.0 Å². The van der Waals surface area contributed by atoms with Crippen molar-refractivity contribution in [3.05, 3.63) is 59.2 Å². The zero-order valence-corrected chi connectivity index (χ0v) is 17.8. The number of hydrogen-bond donors (Lipinski definition) is 2. The molecule has 0 bridgehead atoms. The molecule has 0 spiro atoms. The highest BCUT2D eigenvalue weighted by Crippen LogP contribution is 2.19. The van der Waals surface area contributed by atoms with Crippen LogP contribution in [-0.4, -0.2) is 57.2 Å². The van der Waals surface area contributed by atoms with Crippen LogP contribution >= 0.6 is 0 Å². The van der Waals surface area contributed by atoms with E-state index in [1.165, 1.54) is 0 Å². The van der Waals surface area contributed by atoms with Gasteiger partial charge in [0.15, 0.2) is 6.61 Å². The predicted octanol–water partition coefficient (Wildman–Crippen LogP) is 2.05. The Balaban J connectivity index is 1.39. The van der Waals surface area contributed by atoms with Crippen LogP contribution in [0, 0.1) is 13.8 Å². The van der Waals surface area contributed by atoms with E-state index in [2.05, 4.69) is 15.5 Å². The molecule has 31 heavy (non-hydrogen) atoms. The number of ether oxygens (including phenoxy) is 2. The highest BCUT2D eigenvalue weighted by molar-refractivity contribution is 5.97. The number of carbonyl (C=O) groups excluding carboxylic acids is 3. The van der Waals surface area contributed by atoms with Crippen molar-refractivity contribution in [2.45, 2.75) is 13.8 Å². The molecule has 164 valence electrons. The Labute approximate surface area is 181 Å². The van der Waals surface area contributed by atoms with E-state index in [1.807, 2.05) is 32.0 Å². The SMILES string of the molecule is Cc1cc(C)cc(C(=O)NCC(=O)OCC(=O)Nc2ccc(N3CCOCC3)cc2)c1. The van der Waals surface area contributed by atoms with Crippen LogP contribution in [0.4, 0.5) is 11.4 Å². The van der Waals surface area contributed by atoms with Crippen molar-refractivity contribution in [3.8, 4) is 0 Å². The van der Waals surface area contributed by atoms with E-state index in [0.29, 0.717) is 24.5 Å². The zero-order valence-electron chi connectivity index (χ0n) is 17.8. The number of morpholine rings is 1. The summed E-state index contributed by atoms with van der Waals surface area (Å²) >= 11 is 0. The van der Waals surface area contributed by atoms with Crippen molar-refractivity contribution in [3.63, 3.8) is 0 Å². The molecule has 3 rings (SSSR count). The van der Waals surface area contributed by atoms with Crippen LogP contribution in [0.15, 0.2) is 42.5 Å². The maximum Gasteiger partial charge on any atom is 0.325 e. The van der Waals surface area contributed by atoms with Crippen LogP contribution in [0.2, 0.25) is 0 Å². The Kier molecular flexibility index (Phi) is 7.61. The molecule has 2 aromatic rings. The molecule has 8 nitrogen and oxygen atoms in total. The summed E-state index contributed by atoms with van der Waals surface area (Å²) in [6.07, 6.45) is 0. The number of carbonyl (C=O) groups is 3. The molecule has 1 saturated heterocycles. The van der Waals surface area contributed by atoms with Gasteiger partial charge in [-0.05, 0) is 50.2 Å². The molecule has 0 unspecified atom stereocenters. The first-order chi connectivity index (χ1) is 14.9. The van der Waals surface area contributed by atoms with Gasteiger partial charge in [0.2, 0.25) is 0 Å². The fourth-order valence-corrected chi connectivity index (χ4v) is 3.33. The summed E-state index contributed by atoms with van der Waals surface area (Å²) in [7, 11) is 0. The number of amides is 2. The van der Waals surface area contributed by atoms with Gasteiger partial charge in [-0.1, -0.05) is 17.2 Å². The van der Waals surface area contributed by atoms with Gasteiger partial charge >= 0.3 is 5.97 Å². The number of rotatable bonds is 7. The van der Waals surface area contributed by atoms with E-state index in [1.54, 1.807) is 24.3 Å². The second kappa shape index (κ2) is 10.6. The number of benzene rings is 2. The number of esters is 1. The highest BCUT2D eigenvalue weighted by atomic mass is 16.5. The second-order valence-corrected chi connectivity index (χ2v) is 7.41. The minimum absolute atomic E-state index is 0.312. The monoisotopic (exact) mass is 425 g/mol. The number of anilines is 2. The fourth-order valence-electron chi connectivity index (χ4n) is 3.33. The molecule has 1 fully saturated rings. The highest BCUT2D eigenvalue weighted by Gasteiger charge is 2.13. The molecule has 1 aliphatic rings. The van der Waals surface area contributed by atoms with Gasteiger partial charge in [0.1, 0.15) is 6.54 Å². The molecule has 0 radical (unpaired) electrons. The first kappa shape index (κ1) is 22.3. The normalized spacial score (nSPS) is 13.4. The minimum atomic E-state index is -0.685. The van der Waals surface area contributed by atoms with E-state index < -0.39 is 18.5 Å². The van der Waals surface area contributed by atoms with Gasteiger partial charge in [0.25, 0.3) is 11.8 Å². The lowest BCUT2D eigenvalue weighted by atomic mass is 10.1. The minimum Gasteiger partial charge on any atom is -0.454 e. The molecule has 0 aromatic heterocycles. The first-order valence-corrected chi connectivity index (χ1v) is 10.2. The molecule has 0 atom stereocenters. The summed E-state index contributed by atoms with van der Waals surface area (Å²) in [6.45, 7) is 6.13. The van der Waals surface area contributed by atoms with Crippen LogP contribution in [0.5, 0.6) is 0 Å². The molecule has 8 heteroatoms. The third-order valence-electron chi connectivity index (χ3n) is 4.77. The lowest BCUT2D eigenvalue weighted by Gasteiger charge is -2.28. The second-order valence-electron chi connectivity index (χ2n) is 7.41. The summed E-state index contributed by atoms with van der Waals surface area (Å²) < 4.78 is 10.3. The van der Waals surface area contributed by atoms with Gasteiger partial charge in [-0.2, -0.15) is 0 Å². The first-order valence-electron chi connectivity index (χ1n) is 10.2. The summed E-state index contributed by atoms with van der Waals surface area (Å²) in [4.78, 5) is 38.3. The average Bonchev–Trinajstić information content (AvgIpc) is 2.76. The van der Waals surface area contributed by atoms with Crippen molar-refractivity contribution < 1.29 is 23.9 Å². The third-order valence-corrected chi connectivity index (χ3v) is 4.77. The summed E-state index contributed by atoms with van der Waals surface area (Å²) in [5, 5.41) is 5.19. The predicted molar refractivity (Wildman–Crippen MR) is 117 cm³/mol. The molecule has 0 aliphatic carbocycles. The van der Waals surface area contributed by atoms with Crippen LogP contribution in [0.1, 0.15) is 21.5 Å². The lowest BCUT2D eigenvalue weighted by molar-refractivity contribution is -0.146. The molecule has 1 heterocycles. The molecule has 2 amide bonds. The quantitative estimate of drug-likeness (QED) is 0.659. The smallest absolute Gasteiger partial charge is 0.325 e. The van der Waals surface area contributed by atoms with Crippen LogP contribution in [-0.2, 0) is 19.1 Å². The van der Waals surface area contributed by atoms with E-state index in [4.69, 9.17) is 9.47 Å². The van der Waals surface area contributed by atoms with Crippen LogP contribution in [0.3, 0.4) is 0 Å².